The number of anilines is 1. The monoisotopic (exact) mass is 486 g/mol. The zero-order valence-electron chi connectivity index (χ0n) is 21.2. The molecular formula is C26H34N2O7. The van der Waals surface area contributed by atoms with Crippen LogP contribution in [0.3, 0.4) is 0 Å². The van der Waals surface area contributed by atoms with E-state index in [1.807, 2.05) is 62.1 Å². The first-order valence-corrected chi connectivity index (χ1v) is 11.4. The minimum atomic E-state index is -0.706. The summed E-state index contributed by atoms with van der Waals surface area (Å²) < 4.78 is 27.4. The summed E-state index contributed by atoms with van der Waals surface area (Å²) in [6.45, 7) is 6.64. The van der Waals surface area contributed by atoms with E-state index in [0.717, 1.165) is 11.3 Å². The number of ether oxygens (including phenoxy) is 5. The van der Waals surface area contributed by atoms with Gasteiger partial charge in [-0.15, -0.1) is 0 Å². The van der Waals surface area contributed by atoms with Crippen LogP contribution in [0.1, 0.15) is 26.3 Å². The van der Waals surface area contributed by atoms with E-state index < -0.39 is 23.7 Å². The third kappa shape index (κ3) is 6.71. The predicted octanol–water partition coefficient (Wildman–Crippen LogP) is 3.88. The molecule has 0 saturated carbocycles. The number of carbonyl (C=O) groups is 2. The molecule has 1 saturated heterocycles. The van der Waals surface area contributed by atoms with Crippen molar-refractivity contribution in [1.29, 1.82) is 0 Å². The Balaban J connectivity index is 1.81. The summed E-state index contributed by atoms with van der Waals surface area (Å²) in [4.78, 5) is 28.8. The van der Waals surface area contributed by atoms with Crippen LogP contribution in [0, 0.1) is 0 Å². The van der Waals surface area contributed by atoms with Crippen molar-refractivity contribution in [3.05, 3.63) is 48.0 Å². The number of hydrogen-bond donors (Lipinski definition) is 0. The maximum absolute atomic E-state index is 12.7. The number of benzene rings is 2. The van der Waals surface area contributed by atoms with Crippen molar-refractivity contribution in [2.45, 2.75) is 39.0 Å². The highest BCUT2D eigenvalue weighted by Crippen LogP contribution is 2.33. The molecule has 1 amide bonds. The Morgan fingerprint density at radius 2 is 1.63 bits per heavy atom. The lowest BCUT2D eigenvalue weighted by Gasteiger charge is -2.41. The molecule has 0 spiro atoms. The Morgan fingerprint density at radius 1 is 0.971 bits per heavy atom. The van der Waals surface area contributed by atoms with E-state index in [1.165, 1.54) is 12.0 Å². The Hall–Kier alpha value is -3.62. The molecule has 1 unspecified atom stereocenters. The fourth-order valence-corrected chi connectivity index (χ4v) is 3.83. The van der Waals surface area contributed by atoms with Crippen LogP contribution in [0.15, 0.2) is 42.5 Å². The predicted molar refractivity (Wildman–Crippen MR) is 131 cm³/mol. The zero-order valence-corrected chi connectivity index (χ0v) is 21.2. The van der Waals surface area contributed by atoms with Gasteiger partial charge in [-0.25, -0.2) is 9.59 Å². The molecule has 0 bridgehead atoms. The second-order valence-electron chi connectivity index (χ2n) is 9.14. The van der Waals surface area contributed by atoms with Gasteiger partial charge in [0.1, 0.15) is 35.5 Å². The van der Waals surface area contributed by atoms with Crippen molar-refractivity contribution >= 4 is 17.7 Å². The molecule has 2 aromatic rings. The first-order chi connectivity index (χ1) is 16.6. The molecule has 2 aromatic carbocycles. The number of carbonyl (C=O) groups excluding carboxylic acids is 2. The van der Waals surface area contributed by atoms with Crippen LogP contribution in [0.4, 0.5) is 10.5 Å². The first kappa shape index (κ1) is 26.0. The molecule has 35 heavy (non-hydrogen) atoms. The van der Waals surface area contributed by atoms with Gasteiger partial charge >= 0.3 is 12.1 Å². The fraction of sp³-hybridized carbons (Fsp3) is 0.462. The molecule has 1 aliphatic rings. The summed E-state index contributed by atoms with van der Waals surface area (Å²) >= 11 is 0. The maximum Gasteiger partial charge on any atom is 0.410 e. The number of methoxy groups -OCH3 is 3. The first-order valence-electron chi connectivity index (χ1n) is 11.4. The number of amides is 1. The molecular weight excluding hydrogens is 452 g/mol. The van der Waals surface area contributed by atoms with Crippen molar-refractivity contribution in [3.8, 4) is 17.2 Å². The number of nitrogens with zero attached hydrogens (tertiary/aromatic N) is 2. The smallest absolute Gasteiger partial charge is 0.410 e. The van der Waals surface area contributed by atoms with Crippen molar-refractivity contribution in [2.75, 3.05) is 45.9 Å². The van der Waals surface area contributed by atoms with Gasteiger partial charge in [0.2, 0.25) is 0 Å². The van der Waals surface area contributed by atoms with Gasteiger partial charge in [0, 0.05) is 19.2 Å². The summed E-state index contributed by atoms with van der Waals surface area (Å²) in [6, 6.07) is 12.3. The van der Waals surface area contributed by atoms with Crippen molar-refractivity contribution < 1.29 is 33.3 Å². The van der Waals surface area contributed by atoms with Gasteiger partial charge in [0.15, 0.2) is 0 Å². The largest absolute Gasteiger partial charge is 0.497 e. The van der Waals surface area contributed by atoms with Gasteiger partial charge in [0.05, 0.1) is 33.6 Å². The number of piperazine rings is 1. The van der Waals surface area contributed by atoms with Crippen LogP contribution in [0.2, 0.25) is 0 Å². The normalized spacial score (nSPS) is 15.9. The van der Waals surface area contributed by atoms with Crippen molar-refractivity contribution in [3.63, 3.8) is 0 Å². The number of para-hydroxylation sites is 2. The molecule has 1 heterocycles. The van der Waals surface area contributed by atoms with Crippen LogP contribution in [0.5, 0.6) is 17.2 Å². The van der Waals surface area contributed by atoms with Crippen LogP contribution < -0.4 is 19.1 Å². The van der Waals surface area contributed by atoms with E-state index in [9.17, 15) is 9.59 Å². The Labute approximate surface area is 206 Å². The Kier molecular flexibility index (Phi) is 8.32. The maximum atomic E-state index is 12.7. The van der Waals surface area contributed by atoms with E-state index in [-0.39, 0.29) is 13.2 Å². The molecule has 0 radical (unpaired) electrons. The van der Waals surface area contributed by atoms with Gasteiger partial charge < -0.3 is 33.5 Å². The SMILES string of the molecule is COC(=O)C1CN(C(=O)OC(C)(C)C)CCN1c1ccccc1OCc1cc(OC)cc(OC)c1. The zero-order chi connectivity index (χ0) is 25.6. The Bertz CT molecular complexity index is 1010. The minimum absolute atomic E-state index is 0.142. The highest BCUT2D eigenvalue weighted by Gasteiger charge is 2.37. The topological polar surface area (TPSA) is 86.8 Å². The van der Waals surface area contributed by atoms with Gasteiger partial charge in [0.25, 0.3) is 0 Å². The summed E-state index contributed by atoms with van der Waals surface area (Å²) in [5.74, 6) is 1.50. The van der Waals surface area contributed by atoms with Gasteiger partial charge in [-0.2, -0.15) is 0 Å². The van der Waals surface area contributed by atoms with E-state index in [0.29, 0.717) is 30.3 Å². The summed E-state index contributed by atoms with van der Waals surface area (Å²) in [5.41, 5.74) is 0.981. The summed E-state index contributed by atoms with van der Waals surface area (Å²) in [6.07, 6.45) is -0.456. The molecule has 1 aliphatic heterocycles. The van der Waals surface area contributed by atoms with E-state index in [1.54, 1.807) is 20.3 Å². The number of esters is 1. The van der Waals surface area contributed by atoms with E-state index in [4.69, 9.17) is 23.7 Å². The van der Waals surface area contributed by atoms with E-state index >= 15 is 0 Å². The van der Waals surface area contributed by atoms with Gasteiger partial charge in [-0.1, -0.05) is 12.1 Å². The average molecular weight is 487 g/mol. The quantitative estimate of drug-likeness (QED) is 0.545. The van der Waals surface area contributed by atoms with Gasteiger partial charge in [-0.05, 0) is 50.6 Å². The van der Waals surface area contributed by atoms with Gasteiger partial charge in [-0.3, -0.25) is 0 Å². The molecule has 1 fully saturated rings. The van der Waals surface area contributed by atoms with Crippen LogP contribution in [-0.4, -0.2) is 69.6 Å². The molecule has 3 rings (SSSR count). The molecule has 9 nitrogen and oxygen atoms in total. The lowest BCUT2D eigenvalue weighted by molar-refractivity contribution is -0.143. The summed E-state index contributed by atoms with van der Waals surface area (Å²) in [7, 11) is 4.53. The number of rotatable bonds is 7. The highest BCUT2D eigenvalue weighted by atomic mass is 16.6. The third-order valence-electron chi connectivity index (χ3n) is 5.49. The molecule has 190 valence electrons. The fourth-order valence-electron chi connectivity index (χ4n) is 3.83. The molecule has 9 heteroatoms. The number of hydrogen-bond acceptors (Lipinski definition) is 8. The average Bonchev–Trinajstić information content (AvgIpc) is 2.85. The third-order valence-corrected chi connectivity index (χ3v) is 5.49. The second kappa shape index (κ2) is 11.2. The van der Waals surface area contributed by atoms with Crippen molar-refractivity contribution in [2.24, 2.45) is 0 Å². The Morgan fingerprint density at radius 3 is 2.23 bits per heavy atom. The molecule has 1 atom stereocenters. The molecule has 0 aliphatic carbocycles. The van der Waals surface area contributed by atoms with Crippen LogP contribution in [-0.2, 0) is 20.9 Å². The highest BCUT2D eigenvalue weighted by molar-refractivity contribution is 5.83. The van der Waals surface area contributed by atoms with Crippen LogP contribution in [0.25, 0.3) is 0 Å². The lowest BCUT2D eigenvalue weighted by atomic mass is 10.1. The second-order valence-corrected chi connectivity index (χ2v) is 9.14. The molecule has 0 aromatic heterocycles. The van der Waals surface area contributed by atoms with Crippen molar-refractivity contribution in [1.82, 2.24) is 4.90 Å². The summed E-state index contributed by atoms with van der Waals surface area (Å²) in [5, 5.41) is 0. The standard InChI is InChI=1S/C26H34N2O7/c1-26(2,3)35-25(30)27-11-12-28(22(16-27)24(29)33-6)21-9-7-8-10-23(21)34-17-18-13-19(31-4)15-20(14-18)32-5/h7-10,13-15,22H,11-12,16-17H2,1-6H3. The molecule has 0 N–H and O–H groups in total. The lowest BCUT2D eigenvalue weighted by Crippen LogP contribution is -2.58. The van der Waals surface area contributed by atoms with Crippen LogP contribution >= 0.6 is 0 Å². The van der Waals surface area contributed by atoms with E-state index in [2.05, 4.69) is 0 Å². The minimum Gasteiger partial charge on any atom is -0.497 e.